The molecule has 5 aromatic rings. The highest BCUT2D eigenvalue weighted by Crippen LogP contribution is 2.30. The summed E-state index contributed by atoms with van der Waals surface area (Å²) in [6.07, 6.45) is 1.45. The summed E-state index contributed by atoms with van der Waals surface area (Å²) in [4.78, 5) is 58.3. The molecule has 0 saturated carbocycles. The molecular formula is C39H38N4O5. The van der Waals surface area contributed by atoms with Crippen molar-refractivity contribution in [3.8, 4) is 11.3 Å². The fourth-order valence-electron chi connectivity index (χ4n) is 6.22. The second-order valence-corrected chi connectivity index (χ2v) is 11.9. The van der Waals surface area contributed by atoms with E-state index in [4.69, 9.17) is 4.74 Å². The molecule has 48 heavy (non-hydrogen) atoms. The van der Waals surface area contributed by atoms with Crippen molar-refractivity contribution in [3.05, 3.63) is 132 Å². The third-order valence-corrected chi connectivity index (χ3v) is 8.63. The Bertz CT molecular complexity index is 1870. The predicted octanol–water partition coefficient (Wildman–Crippen LogP) is 4.96. The Balaban J connectivity index is 1.12. The van der Waals surface area contributed by atoms with E-state index >= 15 is 0 Å². The molecule has 1 aliphatic heterocycles. The lowest BCUT2D eigenvalue weighted by molar-refractivity contribution is -0.154. The molecular weight excluding hydrogens is 604 g/mol. The van der Waals surface area contributed by atoms with Crippen LogP contribution in [-0.2, 0) is 43.4 Å². The van der Waals surface area contributed by atoms with Gasteiger partial charge in [0.2, 0.25) is 17.7 Å². The van der Waals surface area contributed by atoms with E-state index < -0.39 is 24.0 Å². The van der Waals surface area contributed by atoms with Crippen molar-refractivity contribution in [2.24, 2.45) is 0 Å². The number of aromatic amines is 1. The van der Waals surface area contributed by atoms with E-state index in [2.05, 4.69) is 15.6 Å². The number of fused-ring (bicyclic) bond motifs is 1. The lowest BCUT2D eigenvalue weighted by Gasteiger charge is -2.24. The normalized spacial score (nSPS) is 14.8. The lowest BCUT2D eigenvalue weighted by Crippen LogP contribution is -2.52. The van der Waals surface area contributed by atoms with E-state index in [1.165, 1.54) is 4.90 Å². The third-order valence-electron chi connectivity index (χ3n) is 8.63. The summed E-state index contributed by atoms with van der Waals surface area (Å²) in [6.45, 7) is 0.225. The summed E-state index contributed by atoms with van der Waals surface area (Å²) in [6, 6.07) is 34.8. The van der Waals surface area contributed by atoms with Crippen LogP contribution in [-0.4, -0.2) is 58.7 Å². The molecule has 4 aromatic carbocycles. The zero-order chi connectivity index (χ0) is 33.3. The van der Waals surface area contributed by atoms with Crippen molar-refractivity contribution in [2.45, 2.75) is 44.4 Å². The topological polar surface area (TPSA) is 121 Å². The molecule has 0 bridgehead atoms. The van der Waals surface area contributed by atoms with Crippen molar-refractivity contribution in [2.75, 3.05) is 13.1 Å². The standard InChI is InChI=1S/C39H38N4O5/c44-35(24-31-30-19-10-11-20-32(30)42-37(31)29-17-8-3-9-18-29)41-33(23-27-13-4-1-5-14-27)38(46)40-25-36(45)43-22-12-21-34(43)39(47)48-26-28-15-6-2-7-16-28/h1-11,13-20,33-34,42H,12,21-26H2,(H,40,46)(H,41,44)/t33-,34-/m0/s1. The van der Waals surface area contributed by atoms with Crippen LogP contribution < -0.4 is 10.6 Å². The van der Waals surface area contributed by atoms with E-state index in [0.29, 0.717) is 19.4 Å². The Morgan fingerprint density at radius 3 is 2.19 bits per heavy atom. The first-order valence-electron chi connectivity index (χ1n) is 16.2. The summed E-state index contributed by atoms with van der Waals surface area (Å²) < 4.78 is 5.50. The zero-order valence-corrected chi connectivity index (χ0v) is 26.6. The highest BCUT2D eigenvalue weighted by molar-refractivity contribution is 5.97. The summed E-state index contributed by atoms with van der Waals surface area (Å²) in [7, 11) is 0. The van der Waals surface area contributed by atoms with Crippen LogP contribution in [0.15, 0.2) is 115 Å². The highest BCUT2D eigenvalue weighted by atomic mass is 16.5. The largest absolute Gasteiger partial charge is 0.459 e. The molecule has 6 rings (SSSR count). The van der Waals surface area contributed by atoms with Crippen LogP contribution in [0.25, 0.3) is 22.2 Å². The van der Waals surface area contributed by atoms with Gasteiger partial charge >= 0.3 is 5.97 Å². The Morgan fingerprint density at radius 2 is 1.46 bits per heavy atom. The van der Waals surface area contributed by atoms with Gasteiger partial charge in [-0.3, -0.25) is 14.4 Å². The smallest absolute Gasteiger partial charge is 0.329 e. The maximum absolute atomic E-state index is 13.6. The molecule has 1 aromatic heterocycles. The van der Waals surface area contributed by atoms with Gasteiger partial charge in [-0.1, -0.05) is 109 Å². The molecule has 0 unspecified atom stereocenters. The van der Waals surface area contributed by atoms with E-state index in [1.54, 1.807) is 0 Å². The van der Waals surface area contributed by atoms with Gasteiger partial charge in [0.05, 0.1) is 18.7 Å². The van der Waals surface area contributed by atoms with E-state index in [0.717, 1.165) is 38.9 Å². The van der Waals surface area contributed by atoms with Crippen LogP contribution in [0, 0.1) is 0 Å². The number of nitrogens with one attached hydrogen (secondary N) is 3. The van der Waals surface area contributed by atoms with Crippen LogP contribution in [0.1, 0.15) is 29.5 Å². The number of esters is 1. The van der Waals surface area contributed by atoms with Crippen molar-refractivity contribution in [3.63, 3.8) is 0 Å². The van der Waals surface area contributed by atoms with E-state index in [1.807, 2.05) is 115 Å². The van der Waals surface area contributed by atoms with Crippen LogP contribution in [0.5, 0.6) is 0 Å². The first-order chi connectivity index (χ1) is 23.5. The Morgan fingerprint density at radius 1 is 0.812 bits per heavy atom. The average molecular weight is 643 g/mol. The van der Waals surface area contributed by atoms with Gasteiger partial charge in [0.25, 0.3) is 0 Å². The van der Waals surface area contributed by atoms with Gasteiger partial charge in [0, 0.05) is 23.9 Å². The number of likely N-dealkylation sites (tertiary alicyclic amines) is 1. The molecule has 1 fully saturated rings. The van der Waals surface area contributed by atoms with Crippen molar-refractivity contribution < 1.29 is 23.9 Å². The fraction of sp³-hybridized carbons (Fsp3) is 0.231. The lowest BCUT2D eigenvalue weighted by atomic mass is 10.0. The number of carbonyl (C=O) groups is 4. The number of nitrogens with zero attached hydrogens (tertiary/aromatic N) is 1. The molecule has 1 saturated heterocycles. The number of H-pyrrole nitrogens is 1. The van der Waals surface area contributed by atoms with Gasteiger partial charge in [-0.05, 0) is 41.2 Å². The minimum Gasteiger partial charge on any atom is -0.459 e. The zero-order valence-electron chi connectivity index (χ0n) is 26.6. The molecule has 244 valence electrons. The Hall–Kier alpha value is -5.70. The second-order valence-electron chi connectivity index (χ2n) is 11.9. The van der Waals surface area contributed by atoms with Crippen molar-refractivity contribution >= 4 is 34.6 Å². The Kier molecular flexibility index (Phi) is 10.3. The second kappa shape index (κ2) is 15.3. The van der Waals surface area contributed by atoms with Crippen LogP contribution in [0.2, 0.25) is 0 Å². The number of rotatable bonds is 12. The van der Waals surface area contributed by atoms with Crippen molar-refractivity contribution in [1.29, 1.82) is 0 Å². The minimum atomic E-state index is -0.928. The van der Waals surface area contributed by atoms with Crippen molar-refractivity contribution in [1.82, 2.24) is 20.5 Å². The van der Waals surface area contributed by atoms with E-state index in [9.17, 15) is 19.2 Å². The molecule has 3 N–H and O–H groups in total. The SMILES string of the molecule is O=C(Cc1c(-c2ccccc2)[nH]c2ccccc12)N[C@@H](Cc1ccccc1)C(=O)NCC(=O)N1CCC[C@H]1C(=O)OCc1ccccc1. The molecule has 1 aliphatic rings. The summed E-state index contributed by atoms with van der Waals surface area (Å²) in [5.41, 5.74) is 5.29. The average Bonchev–Trinajstić information content (AvgIpc) is 3.76. The summed E-state index contributed by atoms with van der Waals surface area (Å²) in [5.74, 6) is -1.64. The maximum Gasteiger partial charge on any atom is 0.329 e. The maximum atomic E-state index is 13.6. The number of amides is 3. The van der Waals surface area contributed by atoms with E-state index in [-0.39, 0.29) is 37.8 Å². The molecule has 0 radical (unpaired) electrons. The molecule has 9 nitrogen and oxygen atoms in total. The summed E-state index contributed by atoms with van der Waals surface area (Å²) >= 11 is 0. The van der Waals surface area contributed by atoms with Crippen LogP contribution >= 0.6 is 0 Å². The Labute approximate surface area is 279 Å². The van der Waals surface area contributed by atoms with Gasteiger partial charge in [0.15, 0.2) is 0 Å². The van der Waals surface area contributed by atoms with Gasteiger partial charge in [0.1, 0.15) is 18.7 Å². The fourth-order valence-corrected chi connectivity index (χ4v) is 6.22. The predicted molar refractivity (Wildman–Crippen MR) is 183 cm³/mol. The minimum absolute atomic E-state index is 0.0479. The highest BCUT2D eigenvalue weighted by Gasteiger charge is 2.35. The number of benzene rings is 4. The third kappa shape index (κ3) is 7.81. The number of hydrogen-bond donors (Lipinski definition) is 3. The van der Waals surface area contributed by atoms with Crippen LogP contribution in [0.4, 0.5) is 0 Å². The van der Waals surface area contributed by atoms with Gasteiger partial charge in [-0.15, -0.1) is 0 Å². The number of ether oxygens (including phenoxy) is 1. The van der Waals surface area contributed by atoms with Gasteiger partial charge in [-0.25, -0.2) is 4.79 Å². The summed E-state index contributed by atoms with van der Waals surface area (Å²) in [5, 5.41) is 6.59. The van der Waals surface area contributed by atoms with Gasteiger partial charge < -0.3 is 25.3 Å². The molecule has 2 atom stereocenters. The quantitative estimate of drug-likeness (QED) is 0.166. The first-order valence-corrected chi connectivity index (χ1v) is 16.2. The van der Waals surface area contributed by atoms with Crippen LogP contribution in [0.3, 0.4) is 0 Å². The number of aromatic nitrogens is 1. The number of para-hydroxylation sites is 1. The molecule has 3 amide bonds. The monoisotopic (exact) mass is 642 g/mol. The first kappa shape index (κ1) is 32.2. The molecule has 0 spiro atoms. The number of carbonyl (C=O) groups excluding carboxylic acids is 4. The number of hydrogen-bond acceptors (Lipinski definition) is 5. The molecule has 9 heteroatoms. The molecule has 0 aliphatic carbocycles. The van der Waals surface area contributed by atoms with Gasteiger partial charge in [-0.2, -0.15) is 0 Å². The molecule has 2 heterocycles.